The highest BCUT2D eigenvalue weighted by Gasteiger charge is 2.23. The quantitative estimate of drug-likeness (QED) is 0.573. The number of pyridine rings is 1. The number of ketones is 1. The molecule has 1 rings (SSSR count). The number of aliphatic carboxylic acids is 1. The molecule has 0 aromatic carbocycles. The van der Waals surface area contributed by atoms with Crippen LogP contribution in [0.1, 0.15) is 33.6 Å². The Morgan fingerprint density at radius 1 is 1.22 bits per heavy atom. The number of alkyl halides is 1. The number of hydrogen-bond donors (Lipinski definition) is 3. The molecule has 0 aliphatic carbocycles. The van der Waals surface area contributed by atoms with Crippen molar-refractivity contribution in [1.29, 1.82) is 0 Å². The highest BCUT2D eigenvalue weighted by Crippen LogP contribution is 2.01. The lowest BCUT2D eigenvalue weighted by atomic mass is 10.1. The SMILES string of the molecule is CC.CCC(=O)Nc1cccn(CC(=O)NC(CC(=O)O)C(=O)CF)c1=O. The minimum atomic E-state index is -1.52. The molecule has 0 saturated carbocycles. The van der Waals surface area contributed by atoms with Crippen molar-refractivity contribution in [3.05, 3.63) is 28.7 Å². The Hall–Kier alpha value is -3.04. The molecule has 9 nitrogen and oxygen atoms in total. The lowest BCUT2D eigenvalue weighted by molar-refractivity contribution is -0.140. The normalized spacial score (nSPS) is 10.8. The van der Waals surface area contributed by atoms with Crippen LogP contribution in [-0.4, -0.2) is 46.0 Å². The Balaban J connectivity index is 0.00000326. The van der Waals surface area contributed by atoms with Crippen LogP contribution in [0.25, 0.3) is 0 Å². The molecular formula is C17H24FN3O6. The summed E-state index contributed by atoms with van der Waals surface area (Å²) in [6.07, 6.45) is 0.680. The van der Waals surface area contributed by atoms with E-state index in [4.69, 9.17) is 5.11 Å². The summed E-state index contributed by atoms with van der Waals surface area (Å²) < 4.78 is 13.4. The number of anilines is 1. The second-order valence-electron chi connectivity index (χ2n) is 5.07. The Morgan fingerprint density at radius 3 is 2.37 bits per heavy atom. The molecule has 1 aromatic rings. The van der Waals surface area contributed by atoms with Crippen molar-refractivity contribution in [2.24, 2.45) is 0 Å². The van der Waals surface area contributed by atoms with Gasteiger partial charge in [-0.3, -0.25) is 24.0 Å². The number of halogens is 1. The van der Waals surface area contributed by atoms with Gasteiger partial charge in [0, 0.05) is 12.6 Å². The molecule has 150 valence electrons. The van der Waals surface area contributed by atoms with Crippen LogP contribution in [-0.2, 0) is 25.7 Å². The first kappa shape index (κ1) is 24.0. The number of carbonyl (C=O) groups excluding carboxylic acids is 3. The van der Waals surface area contributed by atoms with E-state index in [1.165, 1.54) is 18.3 Å². The van der Waals surface area contributed by atoms with E-state index in [-0.39, 0.29) is 18.0 Å². The van der Waals surface area contributed by atoms with E-state index in [1.807, 2.05) is 13.8 Å². The van der Waals surface area contributed by atoms with Crippen molar-refractivity contribution in [3.63, 3.8) is 0 Å². The number of Topliss-reactive ketones (excluding diaryl/α,β-unsaturated/α-hetero) is 1. The Bertz CT molecular complexity index is 732. The summed E-state index contributed by atoms with van der Waals surface area (Å²) in [7, 11) is 0. The standard InChI is InChI=1S/C15H18FN3O6.C2H6/c1-2-12(21)17-9-4-3-5-19(15(9)25)8-13(22)18-10(6-14(23)24)11(20)7-16;1-2/h3-5,10H,2,6-8H2,1H3,(H,17,21)(H,18,22)(H,23,24);1-2H3. The summed E-state index contributed by atoms with van der Waals surface area (Å²) in [5.74, 6) is -3.68. The third-order valence-corrected chi connectivity index (χ3v) is 3.16. The second kappa shape index (κ2) is 12.3. The van der Waals surface area contributed by atoms with Crippen molar-refractivity contribution in [2.45, 2.75) is 46.2 Å². The minimum Gasteiger partial charge on any atom is -0.481 e. The minimum absolute atomic E-state index is 0.0240. The fourth-order valence-corrected chi connectivity index (χ4v) is 1.90. The molecule has 1 heterocycles. The Kier molecular flexibility index (Phi) is 10.9. The molecule has 0 aliphatic rings. The molecule has 0 saturated heterocycles. The molecule has 0 spiro atoms. The summed E-state index contributed by atoms with van der Waals surface area (Å²) in [5, 5.41) is 13.2. The Morgan fingerprint density at radius 2 is 1.85 bits per heavy atom. The van der Waals surface area contributed by atoms with E-state index in [2.05, 4.69) is 10.6 Å². The van der Waals surface area contributed by atoms with Gasteiger partial charge < -0.3 is 20.3 Å². The lowest BCUT2D eigenvalue weighted by Gasteiger charge is -2.15. The van der Waals surface area contributed by atoms with Crippen molar-refractivity contribution >= 4 is 29.3 Å². The number of carbonyl (C=O) groups is 4. The molecule has 27 heavy (non-hydrogen) atoms. The lowest BCUT2D eigenvalue weighted by Crippen LogP contribution is -2.45. The van der Waals surface area contributed by atoms with Gasteiger partial charge in [-0.25, -0.2) is 4.39 Å². The van der Waals surface area contributed by atoms with Gasteiger partial charge in [-0.1, -0.05) is 20.8 Å². The first-order valence-corrected chi connectivity index (χ1v) is 8.37. The van der Waals surface area contributed by atoms with Crippen molar-refractivity contribution in [3.8, 4) is 0 Å². The topological polar surface area (TPSA) is 135 Å². The maximum atomic E-state index is 12.4. The maximum Gasteiger partial charge on any atom is 0.305 e. The van der Waals surface area contributed by atoms with E-state index in [9.17, 15) is 28.4 Å². The number of nitrogens with one attached hydrogen (secondary N) is 2. The Labute approximate surface area is 155 Å². The summed E-state index contributed by atoms with van der Waals surface area (Å²) in [5.41, 5.74) is -0.671. The zero-order valence-corrected chi connectivity index (χ0v) is 15.5. The van der Waals surface area contributed by atoms with Gasteiger partial charge in [-0.2, -0.15) is 0 Å². The molecule has 1 aromatic heterocycles. The number of nitrogens with zero attached hydrogens (tertiary/aromatic N) is 1. The summed E-state index contributed by atoms with van der Waals surface area (Å²) in [6.45, 7) is 3.66. The van der Waals surface area contributed by atoms with Crippen LogP contribution in [0.2, 0.25) is 0 Å². The monoisotopic (exact) mass is 385 g/mol. The van der Waals surface area contributed by atoms with Crippen molar-refractivity contribution in [1.82, 2.24) is 9.88 Å². The zero-order chi connectivity index (χ0) is 21.0. The van der Waals surface area contributed by atoms with E-state index in [1.54, 1.807) is 6.92 Å². The van der Waals surface area contributed by atoms with Gasteiger partial charge >= 0.3 is 5.97 Å². The first-order chi connectivity index (χ1) is 12.8. The summed E-state index contributed by atoms with van der Waals surface area (Å²) in [4.78, 5) is 57.5. The van der Waals surface area contributed by atoms with Crippen LogP contribution in [0.3, 0.4) is 0 Å². The zero-order valence-electron chi connectivity index (χ0n) is 15.5. The predicted octanol–water partition coefficient (Wildman–Crippen LogP) is 0.721. The summed E-state index contributed by atoms with van der Waals surface area (Å²) >= 11 is 0. The number of hydrogen-bond acceptors (Lipinski definition) is 5. The molecule has 3 N–H and O–H groups in total. The number of carboxylic acids is 1. The van der Waals surface area contributed by atoms with E-state index >= 15 is 0 Å². The largest absolute Gasteiger partial charge is 0.481 e. The highest BCUT2D eigenvalue weighted by molar-refractivity contribution is 5.92. The van der Waals surface area contributed by atoms with Gasteiger partial charge in [0.15, 0.2) is 5.78 Å². The molecule has 0 fully saturated rings. The molecular weight excluding hydrogens is 361 g/mol. The number of carboxylic acid groups (broad SMARTS) is 1. The maximum absolute atomic E-state index is 12.4. The fraction of sp³-hybridized carbons (Fsp3) is 0.471. The molecule has 1 atom stereocenters. The summed E-state index contributed by atoms with van der Waals surface area (Å²) in [6, 6.07) is 1.28. The number of amides is 2. The van der Waals surface area contributed by atoms with Crippen LogP contribution in [0.4, 0.5) is 10.1 Å². The third kappa shape index (κ3) is 8.25. The van der Waals surface area contributed by atoms with Crippen LogP contribution >= 0.6 is 0 Å². The van der Waals surface area contributed by atoms with Gasteiger partial charge in [0.25, 0.3) is 5.56 Å². The average Bonchev–Trinajstić information content (AvgIpc) is 2.64. The molecule has 0 aliphatic heterocycles. The third-order valence-electron chi connectivity index (χ3n) is 3.16. The smallest absolute Gasteiger partial charge is 0.305 e. The van der Waals surface area contributed by atoms with Gasteiger partial charge in [0.05, 0.1) is 6.42 Å². The fourth-order valence-electron chi connectivity index (χ4n) is 1.90. The molecule has 2 amide bonds. The molecule has 10 heteroatoms. The molecule has 0 bridgehead atoms. The average molecular weight is 385 g/mol. The van der Waals surface area contributed by atoms with Gasteiger partial charge in [0.1, 0.15) is 24.9 Å². The highest BCUT2D eigenvalue weighted by atomic mass is 19.1. The second-order valence-corrected chi connectivity index (χ2v) is 5.07. The molecule has 1 unspecified atom stereocenters. The number of rotatable bonds is 9. The van der Waals surface area contributed by atoms with Crippen molar-refractivity contribution in [2.75, 3.05) is 12.0 Å². The number of aromatic nitrogens is 1. The first-order valence-electron chi connectivity index (χ1n) is 8.37. The van der Waals surface area contributed by atoms with Gasteiger partial charge in [0.2, 0.25) is 11.8 Å². The van der Waals surface area contributed by atoms with Crippen LogP contribution < -0.4 is 16.2 Å². The van der Waals surface area contributed by atoms with Crippen LogP contribution in [0.5, 0.6) is 0 Å². The molecule has 0 radical (unpaired) electrons. The van der Waals surface area contributed by atoms with Gasteiger partial charge in [-0.15, -0.1) is 0 Å². The van der Waals surface area contributed by atoms with Crippen LogP contribution in [0.15, 0.2) is 23.1 Å². The van der Waals surface area contributed by atoms with Gasteiger partial charge in [-0.05, 0) is 12.1 Å². The van der Waals surface area contributed by atoms with Crippen molar-refractivity contribution < 1.29 is 28.7 Å². The van der Waals surface area contributed by atoms with Crippen LogP contribution in [0, 0.1) is 0 Å². The van der Waals surface area contributed by atoms with E-state index in [0.29, 0.717) is 0 Å². The van der Waals surface area contributed by atoms with E-state index in [0.717, 1.165) is 4.57 Å². The van der Waals surface area contributed by atoms with E-state index < -0.39 is 48.9 Å². The predicted molar refractivity (Wildman–Crippen MR) is 96.1 cm³/mol.